The summed E-state index contributed by atoms with van der Waals surface area (Å²) in [4.78, 5) is 37.2. The molecule has 0 saturated carbocycles. The molecule has 2 fully saturated rings. The summed E-state index contributed by atoms with van der Waals surface area (Å²) < 4.78 is 26.1. The van der Waals surface area contributed by atoms with E-state index in [-0.39, 0.29) is 30.4 Å². The van der Waals surface area contributed by atoms with Crippen molar-refractivity contribution in [2.45, 2.75) is 45.2 Å². The van der Waals surface area contributed by atoms with Gasteiger partial charge >= 0.3 is 6.03 Å². The van der Waals surface area contributed by atoms with E-state index in [1.807, 2.05) is 80.0 Å². The topological polar surface area (TPSA) is 78.1 Å². The third-order valence-corrected chi connectivity index (χ3v) is 8.89. The normalized spacial score (nSPS) is 20.2. The van der Waals surface area contributed by atoms with Gasteiger partial charge in [-0.1, -0.05) is 24.3 Å². The number of benzene rings is 3. The van der Waals surface area contributed by atoms with E-state index in [0.29, 0.717) is 36.8 Å². The largest absolute Gasteiger partial charge is 0.496 e. The standard InChI is InChI=1S/C34H37FN4O4/c1-6-43-25-14-15-29-27(17-25)22(4)31(36-29)32(40)37-18-28(26-12-7-8-13-30(26)42-5)34(19-37)20-38(21(2)3)33(41)39(34)24-11-9-10-23(35)16-24/h7-17,21,28,36H,6,18-20H2,1-5H3/t28?,34-/m1/s1. The number of para-hydroxylation sites is 1. The van der Waals surface area contributed by atoms with Crippen molar-refractivity contribution in [2.75, 3.05) is 38.3 Å². The zero-order valence-electron chi connectivity index (χ0n) is 25.2. The van der Waals surface area contributed by atoms with Crippen molar-refractivity contribution in [1.29, 1.82) is 0 Å². The molecule has 1 aromatic heterocycles. The van der Waals surface area contributed by atoms with Gasteiger partial charge < -0.3 is 24.3 Å². The monoisotopic (exact) mass is 584 g/mol. The Bertz CT molecular complexity index is 1700. The Morgan fingerprint density at radius 1 is 1.09 bits per heavy atom. The maximum absolute atomic E-state index is 14.6. The van der Waals surface area contributed by atoms with Crippen LogP contribution < -0.4 is 14.4 Å². The number of H-pyrrole nitrogens is 1. The predicted octanol–water partition coefficient (Wildman–Crippen LogP) is 6.35. The minimum absolute atomic E-state index is 0.0958. The Hall–Kier alpha value is -4.53. The van der Waals surface area contributed by atoms with Gasteiger partial charge in [0, 0.05) is 53.7 Å². The fourth-order valence-corrected chi connectivity index (χ4v) is 6.85. The number of carbonyl (C=O) groups excluding carboxylic acids is 2. The van der Waals surface area contributed by atoms with Crippen molar-refractivity contribution in [3.8, 4) is 11.5 Å². The van der Waals surface area contributed by atoms with E-state index in [4.69, 9.17) is 9.47 Å². The number of likely N-dealkylation sites (tertiary alicyclic amines) is 1. The van der Waals surface area contributed by atoms with E-state index in [1.54, 1.807) is 24.1 Å². The van der Waals surface area contributed by atoms with Gasteiger partial charge in [0.2, 0.25) is 0 Å². The van der Waals surface area contributed by atoms with Crippen LogP contribution in [0.2, 0.25) is 0 Å². The van der Waals surface area contributed by atoms with Crippen LogP contribution in [0.4, 0.5) is 14.9 Å². The predicted molar refractivity (Wildman–Crippen MR) is 165 cm³/mol. The van der Waals surface area contributed by atoms with Crippen LogP contribution in [0.5, 0.6) is 11.5 Å². The molecule has 224 valence electrons. The molecule has 2 aliphatic heterocycles. The van der Waals surface area contributed by atoms with Crippen molar-refractivity contribution in [1.82, 2.24) is 14.8 Å². The molecule has 2 saturated heterocycles. The molecule has 1 spiro atoms. The average Bonchev–Trinajstić information content (AvgIpc) is 3.63. The average molecular weight is 585 g/mol. The number of nitrogens with one attached hydrogen (secondary N) is 1. The minimum atomic E-state index is -0.874. The molecule has 3 aromatic carbocycles. The highest BCUT2D eigenvalue weighted by atomic mass is 19.1. The summed E-state index contributed by atoms with van der Waals surface area (Å²) in [6.45, 7) is 9.35. The molecule has 0 aliphatic carbocycles. The van der Waals surface area contributed by atoms with Gasteiger partial charge in [-0.15, -0.1) is 0 Å². The molecule has 9 heteroatoms. The van der Waals surface area contributed by atoms with E-state index in [9.17, 15) is 14.0 Å². The molecule has 0 bridgehead atoms. The highest BCUT2D eigenvalue weighted by molar-refractivity contribution is 6.02. The number of rotatable bonds is 7. The van der Waals surface area contributed by atoms with E-state index < -0.39 is 11.4 Å². The van der Waals surface area contributed by atoms with Gasteiger partial charge in [-0.25, -0.2) is 9.18 Å². The molecule has 4 aromatic rings. The fraction of sp³-hybridized carbons (Fsp3) is 0.353. The highest BCUT2D eigenvalue weighted by Crippen LogP contribution is 2.49. The number of methoxy groups -OCH3 is 1. The second kappa shape index (κ2) is 10.9. The number of aromatic nitrogens is 1. The van der Waals surface area contributed by atoms with Gasteiger partial charge in [-0.3, -0.25) is 9.69 Å². The van der Waals surface area contributed by atoms with Gasteiger partial charge in [-0.2, -0.15) is 0 Å². The SMILES string of the molecule is CCOc1ccc2[nH]c(C(=O)N3CC(c4ccccc4OC)[C@@]4(C3)CN(C(C)C)C(=O)N4c3cccc(F)c3)c(C)c2c1. The number of fused-ring (bicyclic) bond motifs is 1. The maximum atomic E-state index is 14.6. The Morgan fingerprint density at radius 3 is 2.60 bits per heavy atom. The first-order valence-corrected chi connectivity index (χ1v) is 14.7. The Morgan fingerprint density at radius 2 is 1.88 bits per heavy atom. The van der Waals surface area contributed by atoms with Crippen LogP contribution in [0.25, 0.3) is 10.9 Å². The summed E-state index contributed by atoms with van der Waals surface area (Å²) in [6, 6.07) is 19.3. The van der Waals surface area contributed by atoms with Crippen molar-refractivity contribution in [3.63, 3.8) is 0 Å². The number of hydrogen-bond donors (Lipinski definition) is 1. The number of carbonyl (C=O) groups is 2. The van der Waals surface area contributed by atoms with Gasteiger partial charge in [-0.05, 0) is 75.7 Å². The van der Waals surface area contributed by atoms with Crippen LogP contribution in [0.15, 0.2) is 66.7 Å². The smallest absolute Gasteiger partial charge is 0.325 e. The summed E-state index contributed by atoms with van der Waals surface area (Å²) in [6.07, 6.45) is 0. The molecular formula is C34H37FN4O4. The molecule has 43 heavy (non-hydrogen) atoms. The molecule has 2 atom stereocenters. The Balaban J connectivity index is 1.49. The van der Waals surface area contributed by atoms with Crippen LogP contribution in [0.1, 0.15) is 48.3 Å². The first-order chi connectivity index (χ1) is 20.7. The van der Waals surface area contributed by atoms with Crippen molar-refractivity contribution in [2.24, 2.45) is 0 Å². The van der Waals surface area contributed by atoms with Crippen LogP contribution in [-0.4, -0.2) is 71.7 Å². The lowest BCUT2D eigenvalue weighted by Gasteiger charge is -2.38. The summed E-state index contributed by atoms with van der Waals surface area (Å²) in [5.74, 6) is 0.539. The number of nitrogens with zero attached hydrogens (tertiary/aromatic N) is 3. The Labute approximate surface area is 251 Å². The summed E-state index contributed by atoms with van der Waals surface area (Å²) in [5.41, 5.74) is 2.68. The lowest BCUT2D eigenvalue weighted by atomic mass is 9.80. The molecule has 3 heterocycles. The number of ether oxygens (including phenoxy) is 2. The number of aryl methyl sites for hydroxylation is 1. The van der Waals surface area contributed by atoms with Gasteiger partial charge in [0.15, 0.2) is 0 Å². The number of anilines is 1. The van der Waals surface area contributed by atoms with Crippen LogP contribution in [0, 0.1) is 12.7 Å². The van der Waals surface area contributed by atoms with E-state index in [1.165, 1.54) is 12.1 Å². The van der Waals surface area contributed by atoms with Crippen LogP contribution in [0.3, 0.4) is 0 Å². The van der Waals surface area contributed by atoms with E-state index >= 15 is 0 Å². The maximum Gasteiger partial charge on any atom is 0.325 e. The lowest BCUT2D eigenvalue weighted by molar-refractivity contribution is 0.0777. The quantitative estimate of drug-likeness (QED) is 0.275. The third-order valence-electron chi connectivity index (χ3n) is 8.89. The number of halogens is 1. The molecule has 1 N–H and O–H groups in total. The number of amides is 3. The van der Waals surface area contributed by atoms with Gasteiger partial charge in [0.25, 0.3) is 5.91 Å². The summed E-state index contributed by atoms with van der Waals surface area (Å²) in [7, 11) is 1.62. The number of hydrogen-bond acceptors (Lipinski definition) is 4. The van der Waals surface area contributed by atoms with Gasteiger partial charge in [0.05, 0.1) is 19.3 Å². The third kappa shape index (κ3) is 4.67. The molecule has 6 rings (SSSR count). The first kappa shape index (κ1) is 28.6. The lowest BCUT2D eigenvalue weighted by Crippen LogP contribution is -2.53. The van der Waals surface area contributed by atoms with Crippen molar-refractivity contribution in [3.05, 3.63) is 89.4 Å². The first-order valence-electron chi connectivity index (χ1n) is 14.7. The molecule has 0 radical (unpaired) electrons. The van der Waals surface area contributed by atoms with Crippen molar-refractivity contribution >= 4 is 28.5 Å². The minimum Gasteiger partial charge on any atom is -0.496 e. The number of urea groups is 1. The van der Waals surface area contributed by atoms with Crippen LogP contribution in [-0.2, 0) is 0 Å². The molecule has 2 aliphatic rings. The Kier molecular flexibility index (Phi) is 7.28. The second-order valence-corrected chi connectivity index (χ2v) is 11.7. The summed E-state index contributed by atoms with van der Waals surface area (Å²) >= 11 is 0. The molecule has 3 amide bonds. The van der Waals surface area contributed by atoms with E-state index in [2.05, 4.69) is 4.98 Å². The molecule has 8 nitrogen and oxygen atoms in total. The van der Waals surface area contributed by atoms with Crippen LogP contribution >= 0.6 is 0 Å². The summed E-state index contributed by atoms with van der Waals surface area (Å²) in [5, 5.41) is 0.924. The zero-order chi connectivity index (χ0) is 30.5. The van der Waals surface area contributed by atoms with Crippen molar-refractivity contribution < 1.29 is 23.5 Å². The highest BCUT2D eigenvalue weighted by Gasteiger charge is 2.61. The fourth-order valence-electron chi connectivity index (χ4n) is 6.85. The van der Waals surface area contributed by atoms with Gasteiger partial charge in [0.1, 0.15) is 23.0 Å². The second-order valence-electron chi connectivity index (χ2n) is 11.7. The molecule has 1 unspecified atom stereocenters. The van der Waals surface area contributed by atoms with E-state index in [0.717, 1.165) is 27.8 Å². The number of aromatic amines is 1. The zero-order valence-corrected chi connectivity index (χ0v) is 25.2. The molecular weight excluding hydrogens is 547 g/mol.